The lowest BCUT2D eigenvalue weighted by atomic mass is 10.4. The van der Waals surface area contributed by atoms with Gasteiger partial charge in [-0.05, 0) is 7.05 Å². The Hall–Kier alpha value is -1.24. The molecule has 1 rings (SSSR count). The van der Waals surface area contributed by atoms with E-state index in [1.54, 1.807) is 13.1 Å². The van der Waals surface area contributed by atoms with Gasteiger partial charge in [0.1, 0.15) is 5.82 Å². The minimum atomic E-state index is -4.19. The van der Waals surface area contributed by atoms with Crippen molar-refractivity contribution >= 4 is 5.82 Å². The Labute approximate surface area is 85.5 Å². The van der Waals surface area contributed by atoms with Crippen molar-refractivity contribution in [1.82, 2.24) is 14.7 Å². The molecule has 0 aliphatic carbocycles. The van der Waals surface area contributed by atoms with E-state index in [-0.39, 0.29) is 6.54 Å². The zero-order valence-electron chi connectivity index (χ0n) is 8.54. The molecule has 86 valence electrons. The molecule has 0 aromatic carbocycles. The Morgan fingerprint density at radius 1 is 1.53 bits per heavy atom. The monoisotopic (exact) mass is 222 g/mol. The third-order valence-corrected chi connectivity index (χ3v) is 1.85. The molecular formula is C8H13F3N4. The lowest BCUT2D eigenvalue weighted by Gasteiger charge is -2.16. The Balaban J connectivity index is 2.55. The summed E-state index contributed by atoms with van der Waals surface area (Å²) in [4.78, 5) is 1.14. The van der Waals surface area contributed by atoms with Crippen LogP contribution in [0.5, 0.6) is 0 Å². The number of aromatic nitrogens is 2. The van der Waals surface area contributed by atoms with Crippen LogP contribution in [-0.2, 0) is 13.6 Å². The van der Waals surface area contributed by atoms with E-state index < -0.39 is 12.7 Å². The summed E-state index contributed by atoms with van der Waals surface area (Å²) < 4.78 is 37.4. The topological polar surface area (TPSA) is 47.1 Å². The second kappa shape index (κ2) is 4.09. The van der Waals surface area contributed by atoms with Crippen LogP contribution in [0.1, 0.15) is 5.69 Å². The van der Waals surface area contributed by atoms with Crippen LogP contribution >= 0.6 is 0 Å². The number of hydrogen-bond donors (Lipinski definition) is 1. The van der Waals surface area contributed by atoms with E-state index in [1.165, 1.54) is 11.7 Å². The molecule has 1 heterocycles. The van der Waals surface area contributed by atoms with Crippen molar-refractivity contribution in [2.24, 2.45) is 7.05 Å². The normalized spacial score (nSPS) is 12.4. The minimum Gasteiger partial charge on any atom is -0.384 e. The molecule has 7 heteroatoms. The van der Waals surface area contributed by atoms with Gasteiger partial charge in [-0.15, -0.1) is 0 Å². The fraction of sp³-hybridized carbons (Fsp3) is 0.625. The van der Waals surface area contributed by atoms with E-state index in [1.807, 2.05) is 0 Å². The third-order valence-electron chi connectivity index (χ3n) is 1.85. The van der Waals surface area contributed by atoms with Gasteiger partial charge in [-0.1, -0.05) is 0 Å². The van der Waals surface area contributed by atoms with E-state index in [9.17, 15) is 13.2 Å². The Bertz CT molecular complexity index is 312. The number of halogens is 3. The third kappa shape index (κ3) is 3.78. The van der Waals surface area contributed by atoms with Gasteiger partial charge in [-0.3, -0.25) is 9.58 Å². The second-order valence-electron chi connectivity index (χ2n) is 3.47. The van der Waals surface area contributed by atoms with Crippen molar-refractivity contribution in [3.63, 3.8) is 0 Å². The molecule has 0 radical (unpaired) electrons. The number of nitrogens with two attached hydrogens (primary N) is 1. The Morgan fingerprint density at radius 3 is 2.53 bits per heavy atom. The minimum absolute atomic E-state index is 0.130. The first-order valence-corrected chi connectivity index (χ1v) is 4.31. The SMILES string of the molecule is CN(Cc1cc(N)n(C)n1)CC(F)(F)F. The van der Waals surface area contributed by atoms with Gasteiger partial charge in [0.15, 0.2) is 0 Å². The molecule has 15 heavy (non-hydrogen) atoms. The van der Waals surface area contributed by atoms with Crippen LogP contribution in [0.2, 0.25) is 0 Å². The van der Waals surface area contributed by atoms with Gasteiger partial charge in [0.05, 0.1) is 12.2 Å². The smallest absolute Gasteiger partial charge is 0.384 e. The van der Waals surface area contributed by atoms with Gasteiger partial charge in [0.2, 0.25) is 0 Å². The number of hydrogen-bond acceptors (Lipinski definition) is 3. The van der Waals surface area contributed by atoms with Gasteiger partial charge in [-0.25, -0.2) is 0 Å². The molecule has 4 nitrogen and oxygen atoms in total. The highest BCUT2D eigenvalue weighted by Gasteiger charge is 2.29. The molecule has 0 spiro atoms. The van der Waals surface area contributed by atoms with Crippen LogP contribution < -0.4 is 5.73 Å². The van der Waals surface area contributed by atoms with Crippen LogP contribution in [-0.4, -0.2) is 34.4 Å². The summed E-state index contributed by atoms with van der Waals surface area (Å²) in [5, 5.41) is 3.96. The largest absolute Gasteiger partial charge is 0.401 e. The summed E-state index contributed by atoms with van der Waals surface area (Å²) in [5.74, 6) is 0.436. The molecule has 0 fully saturated rings. The van der Waals surface area contributed by atoms with Crippen molar-refractivity contribution in [2.75, 3.05) is 19.3 Å². The van der Waals surface area contributed by atoms with Crippen molar-refractivity contribution in [2.45, 2.75) is 12.7 Å². The summed E-state index contributed by atoms with van der Waals surface area (Å²) >= 11 is 0. The predicted octanol–water partition coefficient (Wildman–Crippen LogP) is 0.996. The molecule has 1 aromatic heterocycles. The molecule has 0 amide bonds. The number of aryl methyl sites for hydroxylation is 1. The second-order valence-corrected chi connectivity index (χ2v) is 3.47. The number of rotatable bonds is 3. The molecule has 0 bridgehead atoms. The van der Waals surface area contributed by atoms with Crippen molar-refractivity contribution in [3.8, 4) is 0 Å². The highest BCUT2D eigenvalue weighted by atomic mass is 19.4. The zero-order valence-corrected chi connectivity index (χ0v) is 8.54. The average Bonchev–Trinajstić information content (AvgIpc) is 2.26. The lowest BCUT2D eigenvalue weighted by Crippen LogP contribution is -2.30. The van der Waals surface area contributed by atoms with E-state index in [4.69, 9.17) is 5.73 Å². The Kier molecular flexibility index (Phi) is 3.23. The summed E-state index contributed by atoms with van der Waals surface area (Å²) in [5.41, 5.74) is 6.03. The number of anilines is 1. The molecule has 0 atom stereocenters. The van der Waals surface area contributed by atoms with Gasteiger partial charge in [0.25, 0.3) is 0 Å². The molecule has 1 aromatic rings. The summed E-state index contributed by atoms with van der Waals surface area (Å²) in [6, 6.07) is 1.56. The molecule has 0 saturated heterocycles. The lowest BCUT2D eigenvalue weighted by molar-refractivity contribution is -0.144. The number of nitrogens with zero attached hydrogens (tertiary/aromatic N) is 3. The van der Waals surface area contributed by atoms with Crippen LogP contribution in [0, 0.1) is 0 Å². The molecule has 0 saturated carbocycles. The summed E-state index contributed by atoms with van der Waals surface area (Å²) in [7, 11) is 3.03. The summed E-state index contributed by atoms with van der Waals surface area (Å²) in [6.07, 6.45) is -4.19. The van der Waals surface area contributed by atoms with Gasteiger partial charge >= 0.3 is 6.18 Å². The van der Waals surface area contributed by atoms with Crippen LogP contribution in [0.3, 0.4) is 0 Å². The predicted molar refractivity (Wildman–Crippen MR) is 50.0 cm³/mol. The van der Waals surface area contributed by atoms with E-state index in [0.717, 1.165) is 4.90 Å². The standard InChI is InChI=1S/C8H13F3N4/c1-14(5-8(9,10)11)4-6-3-7(12)15(2)13-6/h3H,4-5,12H2,1-2H3. The quantitative estimate of drug-likeness (QED) is 0.829. The number of alkyl halides is 3. The van der Waals surface area contributed by atoms with Gasteiger partial charge in [-0.2, -0.15) is 18.3 Å². The molecule has 0 aliphatic rings. The van der Waals surface area contributed by atoms with Crippen LogP contribution in [0.25, 0.3) is 0 Å². The maximum absolute atomic E-state index is 12.0. The molecular weight excluding hydrogens is 209 g/mol. The fourth-order valence-corrected chi connectivity index (χ4v) is 1.26. The number of nitrogen functional groups attached to an aromatic ring is 1. The maximum Gasteiger partial charge on any atom is 0.401 e. The van der Waals surface area contributed by atoms with E-state index in [2.05, 4.69) is 5.10 Å². The van der Waals surface area contributed by atoms with E-state index in [0.29, 0.717) is 11.5 Å². The van der Waals surface area contributed by atoms with Crippen molar-refractivity contribution in [1.29, 1.82) is 0 Å². The van der Waals surface area contributed by atoms with Gasteiger partial charge in [0, 0.05) is 19.7 Å². The van der Waals surface area contributed by atoms with E-state index >= 15 is 0 Å². The first-order chi connectivity index (χ1) is 6.78. The first kappa shape index (κ1) is 11.8. The van der Waals surface area contributed by atoms with Crippen molar-refractivity contribution < 1.29 is 13.2 Å². The van der Waals surface area contributed by atoms with Crippen LogP contribution in [0.15, 0.2) is 6.07 Å². The van der Waals surface area contributed by atoms with Crippen molar-refractivity contribution in [3.05, 3.63) is 11.8 Å². The molecule has 0 aliphatic heterocycles. The Morgan fingerprint density at radius 2 is 2.13 bits per heavy atom. The summed E-state index contributed by atoms with van der Waals surface area (Å²) in [6.45, 7) is -0.825. The zero-order chi connectivity index (χ0) is 11.6. The fourth-order valence-electron chi connectivity index (χ4n) is 1.26. The van der Waals surface area contributed by atoms with Gasteiger partial charge < -0.3 is 5.73 Å². The maximum atomic E-state index is 12.0. The highest BCUT2D eigenvalue weighted by molar-refractivity contribution is 5.30. The molecule has 2 N–H and O–H groups in total. The van der Waals surface area contributed by atoms with Crippen LogP contribution in [0.4, 0.5) is 19.0 Å². The first-order valence-electron chi connectivity index (χ1n) is 4.31. The average molecular weight is 222 g/mol. The molecule has 0 unspecified atom stereocenters. The highest BCUT2D eigenvalue weighted by Crippen LogP contribution is 2.17.